The van der Waals surface area contributed by atoms with Gasteiger partial charge in [-0.25, -0.2) is 14.5 Å². The zero-order valence-electron chi connectivity index (χ0n) is 19.4. The van der Waals surface area contributed by atoms with Crippen LogP contribution in [0.5, 0.6) is 0 Å². The smallest absolute Gasteiger partial charge is 0.361 e. The zero-order chi connectivity index (χ0) is 25.0. The quantitative estimate of drug-likeness (QED) is 0.339. The molecule has 36 heavy (non-hydrogen) atoms. The second kappa shape index (κ2) is 8.29. The number of nitrogens with zero attached hydrogens (tertiary/aromatic N) is 6. The van der Waals surface area contributed by atoms with E-state index in [1.54, 1.807) is 16.8 Å². The van der Waals surface area contributed by atoms with Crippen LogP contribution in [0.4, 0.5) is 19.1 Å². The number of H-pyrrole nitrogens is 1. The number of nitrogens with one attached hydrogen (secondary N) is 3. The van der Waals surface area contributed by atoms with Crippen LogP contribution in [0.2, 0.25) is 0 Å². The second-order valence-corrected chi connectivity index (χ2v) is 8.88. The van der Waals surface area contributed by atoms with Gasteiger partial charge in [0.15, 0.2) is 5.65 Å². The summed E-state index contributed by atoms with van der Waals surface area (Å²) >= 11 is 0. The number of aromatic amines is 1. The van der Waals surface area contributed by atoms with E-state index in [1.807, 2.05) is 19.9 Å². The molecule has 0 aliphatic carbocycles. The van der Waals surface area contributed by atoms with Crippen molar-refractivity contribution in [2.45, 2.75) is 38.9 Å². The number of rotatable bonds is 4. The Kier molecular flexibility index (Phi) is 5.18. The molecule has 0 unspecified atom stereocenters. The van der Waals surface area contributed by atoms with Crippen LogP contribution >= 0.6 is 0 Å². The summed E-state index contributed by atoms with van der Waals surface area (Å²) in [5, 5.41) is 22.3. The summed E-state index contributed by atoms with van der Waals surface area (Å²) in [5.41, 5.74) is 2.12. The molecule has 1 saturated heterocycles. The van der Waals surface area contributed by atoms with Crippen molar-refractivity contribution in [3.8, 4) is 22.5 Å². The molecule has 186 valence electrons. The third-order valence-electron chi connectivity index (χ3n) is 6.41. The Morgan fingerprint density at radius 2 is 2.06 bits per heavy atom. The molecule has 5 aromatic heterocycles. The van der Waals surface area contributed by atoms with Gasteiger partial charge < -0.3 is 15.2 Å². The largest absolute Gasteiger partial charge is 0.420 e. The molecule has 10 nitrogen and oxygen atoms in total. The molecule has 1 atom stereocenters. The maximum absolute atomic E-state index is 14.0. The first-order valence-corrected chi connectivity index (χ1v) is 11.5. The van der Waals surface area contributed by atoms with Crippen LogP contribution in [0.15, 0.2) is 29.0 Å². The number of hydrogen-bond donors (Lipinski definition) is 3. The van der Waals surface area contributed by atoms with Crippen molar-refractivity contribution in [2.75, 3.05) is 18.4 Å². The molecule has 1 fully saturated rings. The van der Waals surface area contributed by atoms with Crippen LogP contribution in [0.3, 0.4) is 0 Å². The zero-order valence-corrected chi connectivity index (χ0v) is 19.4. The van der Waals surface area contributed by atoms with E-state index in [0.717, 1.165) is 42.4 Å². The molecule has 0 spiro atoms. The summed E-state index contributed by atoms with van der Waals surface area (Å²) in [7, 11) is 0. The molecule has 3 N–H and O–H groups in total. The minimum Gasteiger partial charge on any atom is -0.361 e. The fourth-order valence-electron chi connectivity index (χ4n) is 4.74. The fourth-order valence-corrected chi connectivity index (χ4v) is 4.74. The summed E-state index contributed by atoms with van der Waals surface area (Å²) in [6.07, 6.45) is -0.231. The van der Waals surface area contributed by atoms with Crippen molar-refractivity contribution in [1.82, 2.24) is 40.3 Å². The van der Waals surface area contributed by atoms with Gasteiger partial charge in [0.2, 0.25) is 5.95 Å². The minimum absolute atomic E-state index is 0.0299. The van der Waals surface area contributed by atoms with Crippen molar-refractivity contribution >= 4 is 22.5 Å². The average Bonchev–Trinajstić information content (AvgIpc) is 3.51. The van der Waals surface area contributed by atoms with Crippen LogP contribution in [0, 0.1) is 13.8 Å². The highest BCUT2D eigenvalue weighted by atomic mass is 19.4. The van der Waals surface area contributed by atoms with E-state index >= 15 is 0 Å². The van der Waals surface area contributed by atoms with Gasteiger partial charge in [0.05, 0.1) is 16.6 Å². The van der Waals surface area contributed by atoms with Crippen LogP contribution in [0.25, 0.3) is 39.1 Å². The van der Waals surface area contributed by atoms with Crippen molar-refractivity contribution in [2.24, 2.45) is 0 Å². The second-order valence-electron chi connectivity index (χ2n) is 8.88. The Hall–Kier alpha value is -4.00. The lowest BCUT2D eigenvalue weighted by molar-refractivity contribution is -0.137. The lowest BCUT2D eigenvalue weighted by Gasteiger charge is -2.24. The van der Waals surface area contributed by atoms with E-state index in [-0.39, 0.29) is 23.4 Å². The van der Waals surface area contributed by atoms with E-state index in [9.17, 15) is 13.2 Å². The fraction of sp³-hybridized carbons (Fsp3) is 0.348. The normalized spacial score (nSPS) is 16.8. The van der Waals surface area contributed by atoms with Crippen molar-refractivity contribution in [1.29, 1.82) is 0 Å². The highest BCUT2D eigenvalue weighted by molar-refractivity contribution is 6.02. The highest BCUT2D eigenvalue weighted by Gasteiger charge is 2.37. The van der Waals surface area contributed by atoms with Crippen molar-refractivity contribution in [3.05, 3.63) is 41.5 Å². The number of alkyl halides is 3. The SMILES string of the molecule is Cc1noc(C)c1-c1ccc2c3c(-c4nc(N[C@H]5CCCNC5)ncc4C(F)(F)F)n[nH]c3nn2c1. The van der Waals surface area contributed by atoms with E-state index in [2.05, 4.69) is 41.1 Å². The molecule has 0 aromatic carbocycles. The van der Waals surface area contributed by atoms with E-state index in [1.165, 1.54) is 0 Å². The average molecular weight is 497 g/mol. The van der Waals surface area contributed by atoms with Gasteiger partial charge in [0.25, 0.3) is 0 Å². The predicted molar refractivity (Wildman–Crippen MR) is 125 cm³/mol. The topological polar surface area (TPSA) is 122 Å². The Morgan fingerprint density at radius 3 is 2.78 bits per heavy atom. The summed E-state index contributed by atoms with van der Waals surface area (Å²) in [6, 6.07) is 3.67. The summed E-state index contributed by atoms with van der Waals surface area (Å²) in [6.45, 7) is 5.26. The first kappa shape index (κ1) is 22.5. The van der Waals surface area contributed by atoms with E-state index in [4.69, 9.17) is 4.52 Å². The number of anilines is 1. The molecule has 13 heteroatoms. The lowest BCUT2D eigenvalue weighted by Crippen LogP contribution is -2.38. The Morgan fingerprint density at radius 1 is 1.19 bits per heavy atom. The third-order valence-corrected chi connectivity index (χ3v) is 6.41. The Bertz CT molecular complexity index is 1560. The van der Waals surface area contributed by atoms with E-state index in [0.29, 0.717) is 28.9 Å². The van der Waals surface area contributed by atoms with Gasteiger partial charge in [-0.3, -0.25) is 5.10 Å². The first-order valence-electron chi connectivity index (χ1n) is 11.5. The van der Waals surface area contributed by atoms with Gasteiger partial charge in [0, 0.05) is 36.1 Å². The van der Waals surface area contributed by atoms with E-state index < -0.39 is 11.7 Å². The molecule has 6 heterocycles. The van der Waals surface area contributed by atoms with Gasteiger partial charge in [-0.1, -0.05) is 11.2 Å². The molecule has 0 saturated carbocycles. The number of fused-ring (bicyclic) bond motifs is 3. The number of hydrogen-bond acceptors (Lipinski definition) is 8. The van der Waals surface area contributed by atoms with Crippen molar-refractivity contribution < 1.29 is 17.7 Å². The molecular formula is C23H22F3N9O. The van der Waals surface area contributed by atoms with Crippen LogP contribution in [-0.4, -0.2) is 54.1 Å². The van der Waals surface area contributed by atoms with Gasteiger partial charge >= 0.3 is 6.18 Å². The van der Waals surface area contributed by atoms with Gasteiger partial charge in [-0.2, -0.15) is 18.3 Å². The van der Waals surface area contributed by atoms with Gasteiger partial charge in [-0.05, 0) is 39.3 Å². The molecule has 0 bridgehead atoms. The maximum Gasteiger partial charge on any atom is 0.420 e. The molecule has 1 aliphatic rings. The van der Waals surface area contributed by atoms with Gasteiger partial charge in [0.1, 0.15) is 22.7 Å². The predicted octanol–water partition coefficient (Wildman–Crippen LogP) is 4.12. The lowest BCUT2D eigenvalue weighted by atomic mass is 10.1. The molecular weight excluding hydrogens is 475 g/mol. The number of pyridine rings is 1. The standard InChI is InChI=1S/C23H22F3N9O/c1-11-17(12(2)36-34-11)13-5-6-16-18-20(31-32-21(18)33-35(16)10-13)19-15(23(24,25)26)9-28-22(30-19)29-14-4-3-7-27-8-14/h5-6,9-10,14,27H,3-4,7-8H2,1-2H3,(H,32,33)(H,28,29,30)/t14-/m0/s1. The first-order chi connectivity index (χ1) is 17.3. The Balaban J connectivity index is 1.48. The maximum atomic E-state index is 14.0. The minimum atomic E-state index is -4.66. The number of aryl methyl sites for hydroxylation is 2. The molecule has 6 rings (SSSR count). The van der Waals surface area contributed by atoms with Crippen LogP contribution in [0.1, 0.15) is 29.9 Å². The molecule has 1 aliphatic heterocycles. The third kappa shape index (κ3) is 3.75. The molecule has 0 radical (unpaired) electrons. The molecule has 5 aromatic rings. The number of halogens is 3. The van der Waals surface area contributed by atoms with Crippen LogP contribution < -0.4 is 10.6 Å². The monoisotopic (exact) mass is 497 g/mol. The van der Waals surface area contributed by atoms with Gasteiger partial charge in [-0.15, -0.1) is 5.10 Å². The van der Waals surface area contributed by atoms with Crippen molar-refractivity contribution in [3.63, 3.8) is 0 Å². The number of piperidine rings is 1. The number of aromatic nitrogens is 7. The summed E-state index contributed by atoms with van der Waals surface area (Å²) < 4.78 is 48.8. The summed E-state index contributed by atoms with van der Waals surface area (Å²) in [5.74, 6) is 0.788. The summed E-state index contributed by atoms with van der Waals surface area (Å²) in [4.78, 5) is 8.24. The molecule has 0 amide bonds. The highest BCUT2D eigenvalue weighted by Crippen LogP contribution is 2.39. The van der Waals surface area contributed by atoms with Crippen LogP contribution in [-0.2, 0) is 6.18 Å². The Labute approximate surface area is 202 Å².